The van der Waals surface area contributed by atoms with Gasteiger partial charge in [-0.05, 0) is 5.92 Å². The maximum atomic E-state index is 12.7. The zero-order valence-corrected chi connectivity index (χ0v) is 6.00. The van der Waals surface area contributed by atoms with Gasteiger partial charge in [0.25, 0.3) is 0 Å². The van der Waals surface area contributed by atoms with Crippen molar-refractivity contribution in [3.63, 3.8) is 0 Å². The van der Waals surface area contributed by atoms with E-state index in [-0.39, 0.29) is 5.92 Å². The van der Waals surface area contributed by atoms with Gasteiger partial charge in [0, 0.05) is 11.8 Å². The quantitative estimate of drug-likeness (QED) is 0.555. The van der Waals surface area contributed by atoms with Crippen molar-refractivity contribution in [1.82, 2.24) is 9.97 Å². The number of rotatable bonds is 1. The molecule has 0 fully saturated rings. The number of aromatic nitrogens is 2. The monoisotopic (exact) mass is 140 g/mol. The van der Waals surface area contributed by atoms with Crippen LogP contribution in [0.1, 0.15) is 25.3 Å². The van der Waals surface area contributed by atoms with Crippen molar-refractivity contribution in [2.24, 2.45) is 0 Å². The predicted molar refractivity (Wildman–Crippen MR) is 36.1 cm³/mol. The highest BCUT2D eigenvalue weighted by Gasteiger charge is 2.05. The molecule has 0 N–H and O–H groups in total. The van der Waals surface area contributed by atoms with Gasteiger partial charge >= 0.3 is 0 Å². The summed E-state index contributed by atoms with van der Waals surface area (Å²) in [5.41, 5.74) is 0.572. The molecule has 0 amide bonds. The lowest BCUT2D eigenvalue weighted by Crippen LogP contribution is -1.96. The van der Waals surface area contributed by atoms with Gasteiger partial charge in [-0.25, -0.2) is 9.97 Å². The van der Waals surface area contributed by atoms with Crippen LogP contribution in [0.25, 0.3) is 0 Å². The number of hydrogen-bond acceptors (Lipinski definition) is 2. The first kappa shape index (κ1) is 7.12. The minimum absolute atomic E-state index is 0.154. The van der Waals surface area contributed by atoms with E-state index in [4.69, 9.17) is 0 Å². The van der Waals surface area contributed by atoms with Crippen LogP contribution in [0.3, 0.4) is 0 Å². The summed E-state index contributed by atoms with van der Waals surface area (Å²) in [6, 6.07) is 0. The van der Waals surface area contributed by atoms with Crippen LogP contribution in [0.5, 0.6) is 0 Å². The minimum Gasteiger partial charge on any atom is -0.244 e. The van der Waals surface area contributed by atoms with E-state index < -0.39 is 5.95 Å². The van der Waals surface area contributed by atoms with Crippen LogP contribution in [0.2, 0.25) is 0 Å². The average Bonchev–Trinajstić information content (AvgIpc) is 1.88. The third kappa shape index (κ3) is 1.29. The van der Waals surface area contributed by atoms with Gasteiger partial charge in [0.1, 0.15) is 6.33 Å². The number of hydrogen-bond donors (Lipinski definition) is 0. The topological polar surface area (TPSA) is 25.8 Å². The highest BCUT2D eigenvalue weighted by Crippen LogP contribution is 2.13. The van der Waals surface area contributed by atoms with E-state index >= 15 is 0 Å². The van der Waals surface area contributed by atoms with Crippen LogP contribution in [0, 0.1) is 5.95 Å². The first-order valence-corrected chi connectivity index (χ1v) is 3.17. The maximum absolute atomic E-state index is 12.7. The van der Waals surface area contributed by atoms with Crippen LogP contribution < -0.4 is 0 Å². The molecule has 0 aromatic carbocycles. The summed E-state index contributed by atoms with van der Waals surface area (Å²) < 4.78 is 12.7. The van der Waals surface area contributed by atoms with Crippen molar-refractivity contribution < 1.29 is 4.39 Å². The zero-order valence-electron chi connectivity index (χ0n) is 6.00. The minimum atomic E-state index is -0.412. The smallest absolute Gasteiger partial charge is 0.219 e. The lowest BCUT2D eigenvalue weighted by Gasteiger charge is -2.02. The first-order chi connectivity index (χ1) is 4.72. The van der Waals surface area contributed by atoms with E-state index in [1.54, 1.807) is 0 Å². The van der Waals surface area contributed by atoms with Crippen molar-refractivity contribution in [2.75, 3.05) is 0 Å². The largest absolute Gasteiger partial charge is 0.244 e. The Kier molecular flexibility index (Phi) is 1.94. The highest BCUT2D eigenvalue weighted by atomic mass is 19.1. The Labute approximate surface area is 59.1 Å². The first-order valence-electron chi connectivity index (χ1n) is 3.17. The summed E-state index contributed by atoms with van der Waals surface area (Å²) in [6.45, 7) is 3.81. The Balaban J connectivity index is 3.03. The zero-order chi connectivity index (χ0) is 7.56. The maximum Gasteiger partial charge on any atom is 0.219 e. The fourth-order valence-electron chi connectivity index (χ4n) is 0.713. The van der Waals surface area contributed by atoms with E-state index in [0.717, 1.165) is 0 Å². The second-order valence-corrected chi connectivity index (χ2v) is 2.42. The van der Waals surface area contributed by atoms with Crippen LogP contribution >= 0.6 is 0 Å². The van der Waals surface area contributed by atoms with E-state index in [0.29, 0.717) is 5.56 Å². The van der Waals surface area contributed by atoms with Crippen molar-refractivity contribution in [3.8, 4) is 0 Å². The molecule has 0 unspecified atom stereocenters. The van der Waals surface area contributed by atoms with Gasteiger partial charge in [-0.15, -0.1) is 0 Å². The second-order valence-electron chi connectivity index (χ2n) is 2.42. The molecule has 0 aliphatic rings. The van der Waals surface area contributed by atoms with Gasteiger partial charge in [-0.1, -0.05) is 13.8 Å². The normalized spacial score (nSPS) is 10.4. The molecular formula is C7H9FN2. The van der Waals surface area contributed by atoms with Gasteiger partial charge in [0.15, 0.2) is 0 Å². The SMILES string of the molecule is CC(C)c1cncnc1F. The van der Waals surface area contributed by atoms with Crippen molar-refractivity contribution in [1.29, 1.82) is 0 Å². The van der Waals surface area contributed by atoms with Crippen LogP contribution in [-0.2, 0) is 0 Å². The molecule has 0 atom stereocenters. The van der Waals surface area contributed by atoms with Gasteiger partial charge in [-0.3, -0.25) is 0 Å². The third-order valence-corrected chi connectivity index (χ3v) is 1.31. The Morgan fingerprint density at radius 1 is 1.50 bits per heavy atom. The number of halogens is 1. The molecule has 54 valence electrons. The van der Waals surface area contributed by atoms with Gasteiger partial charge in [0.05, 0.1) is 0 Å². The van der Waals surface area contributed by atoms with Crippen molar-refractivity contribution >= 4 is 0 Å². The fourth-order valence-corrected chi connectivity index (χ4v) is 0.713. The molecule has 0 saturated heterocycles. The average molecular weight is 140 g/mol. The molecule has 0 radical (unpaired) electrons. The van der Waals surface area contributed by atoms with E-state index in [9.17, 15) is 4.39 Å². The summed E-state index contributed by atoms with van der Waals surface area (Å²) >= 11 is 0. The predicted octanol–water partition coefficient (Wildman–Crippen LogP) is 1.74. The van der Waals surface area contributed by atoms with E-state index in [1.807, 2.05) is 13.8 Å². The molecule has 0 aliphatic carbocycles. The molecule has 1 aromatic heterocycles. The van der Waals surface area contributed by atoms with Gasteiger partial charge < -0.3 is 0 Å². The summed E-state index contributed by atoms with van der Waals surface area (Å²) in [5, 5.41) is 0. The Morgan fingerprint density at radius 2 is 2.20 bits per heavy atom. The second kappa shape index (κ2) is 2.73. The van der Waals surface area contributed by atoms with Crippen molar-refractivity contribution in [3.05, 3.63) is 24.0 Å². The molecule has 2 nitrogen and oxygen atoms in total. The number of nitrogens with zero attached hydrogens (tertiary/aromatic N) is 2. The molecule has 0 spiro atoms. The summed E-state index contributed by atoms with van der Waals surface area (Å²) in [6.07, 6.45) is 2.72. The summed E-state index contributed by atoms with van der Waals surface area (Å²) in [4.78, 5) is 7.14. The lowest BCUT2D eigenvalue weighted by atomic mass is 10.1. The molecular weight excluding hydrogens is 131 g/mol. The van der Waals surface area contributed by atoms with Crippen LogP contribution in [-0.4, -0.2) is 9.97 Å². The van der Waals surface area contributed by atoms with Crippen LogP contribution in [0.15, 0.2) is 12.5 Å². The molecule has 0 bridgehead atoms. The molecule has 10 heavy (non-hydrogen) atoms. The third-order valence-electron chi connectivity index (χ3n) is 1.31. The van der Waals surface area contributed by atoms with Gasteiger partial charge in [-0.2, -0.15) is 4.39 Å². The molecule has 1 heterocycles. The van der Waals surface area contributed by atoms with Crippen molar-refractivity contribution in [2.45, 2.75) is 19.8 Å². The fraction of sp³-hybridized carbons (Fsp3) is 0.429. The highest BCUT2D eigenvalue weighted by molar-refractivity contribution is 5.09. The Bertz CT molecular complexity index is 223. The van der Waals surface area contributed by atoms with Crippen LogP contribution in [0.4, 0.5) is 4.39 Å². The molecule has 1 aromatic rings. The van der Waals surface area contributed by atoms with E-state index in [1.165, 1.54) is 12.5 Å². The summed E-state index contributed by atoms with van der Waals surface area (Å²) in [5.74, 6) is -0.258. The molecule has 1 rings (SSSR count). The van der Waals surface area contributed by atoms with E-state index in [2.05, 4.69) is 9.97 Å². The summed E-state index contributed by atoms with van der Waals surface area (Å²) in [7, 11) is 0. The Hall–Kier alpha value is -0.990. The Morgan fingerprint density at radius 3 is 2.60 bits per heavy atom. The molecule has 3 heteroatoms. The van der Waals surface area contributed by atoms with Gasteiger partial charge in [0.2, 0.25) is 5.95 Å². The standard InChI is InChI=1S/C7H9FN2/c1-5(2)6-3-9-4-10-7(6)8/h3-5H,1-2H3. The molecule has 0 aliphatic heterocycles. The molecule has 0 saturated carbocycles. The lowest BCUT2D eigenvalue weighted by molar-refractivity contribution is 0.551.